The summed E-state index contributed by atoms with van der Waals surface area (Å²) < 4.78 is 31.4. The Morgan fingerprint density at radius 3 is 2.56 bits per heavy atom. The SMILES string of the molecule is CC(C)(C)OC(=O)Oc1cc2c(I)c(F)cc3c2n1C(=O)OC3(C)C. The van der Waals surface area contributed by atoms with Crippen molar-refractivity contribution in [2.24, 2.45) is 0 Å². The van der Waals surface area contributed by atoms with E-state index in [0.29, 0.717) is 20.0 Å². The Labute approximate surface area is 157 Å². The molecule has 0 saturated carbocycles. The summed E-state index contributed by atoms with van der Waals surface area (Å²) in [6, 6.07) is 2.78. The topological polar surface area (TPSA) is 66.8 Å². The predicted molar refractivity (Wildman–Crippen MR) is 96.4 cm³/mol. The quantitative estimate of drug-likeness (QED) is 0.445. The maximum Gasteiger partial charge on any atom is 0.515 e. The highest BCUT2D eigenvalue weighted by molar-refractivity contribution is 14.1. The number of carbonyl (C=O) groups is 2. The first-order chi connectivity index (χ1) is 11.4. The molecule has 1 aromatic heterocycles. The van der Waals surface area contributed by atoms with Gasteiger partial charge in [0.1, 0.15) is 17.0 Å². The first-order valence-electron chi connectivity index (χ1n) is 7.59. The molecule has 0 fully saturated rings. The van der Waals surface area contributed by atoms with Gasteiger partial charge >= 0.3 is 12.2 Å². The summed E-state index contributed by atoms with van der Waals surface area (Å²) in [5.41, 5.74) is -0.790. The summed E-state index contributed by atoms with van der Waals surface area (Å²) in [7, 11) is 0. The molecule has 0 radical (unpaired) electrons. The van der Waals surface area contributed by atoms with Crippen LogP contribution in [0.1, 0.15) is 40.2 Å². The first kappa shape index (κ1) is 18.0. The highest BCUT2D eigenvalue weighted by atomic mass is 127. The highest BCUT2D eigenvalue weighted by Gasteiger charge is 2.39. The minimum Gasteiger partial charge on any atom is -0.438 e. The summed E-state index contributed by atoms with van der Waals surface area (Å²) in [5.74, 6) is -0.510. The third kappa shape index (κ3) is 3.07. The number of benzene rings is 1. The lowest BCUT2D eigenvalue weighted by Gasteiger charge is -2.31. The van der Waals surface area contributed by atoms with E-state index in [0.717, 1.165) is 4.57 Å². The van der Waals surface area contributed by atoms with Gasteiger partial charge in [0.05, 0.1) is 9.09 Å². The summed E-state index contributed by atoms with van der Waals surface area (Å²) in [6.07, 6.45) is -1.66. The number of aromatic nitrogens is 1. The molecule has 0 amide bonds. The van der Waals surface area contributed by atoms with E-state index < -0.39 is 29.3 Å². The van der Waals surface area contributed by atoms with Crippen molar-refractivity contribution >= 4 is 45.7 Å². The third-order valence-corrected chi connectivity index (χ3v) is 4.79. The van der Waals surface area contributed by atoms with Crippen LogP contribution < -0.4 is 4.74 Å². The fourth-order valence-corrected chi connectivity index (χ4v) is 3.26. The molecule has 0 saturated heterocycles. The minimum atomic E-state index is -1.00. The molecule has 25 heavy (non-hydrogen) atoms. The highest BCUT2D eigenvalue weighted by Crippen LogP contribution is 2.42. The van der Waals surface area contributed by atoms with Crippen LogP contribution in [0.15, 0.2) is 12.1 Å². The van der Waals surface area contributed by atoms with Gasteiger partial charge in [-0.25, -0.2) is 18.5 Å². The van der Waals surface area contributed by atoms with Gasteiger partial charge in [0, 0.05) is 17.0 Å². The van der Waals surface area contributed by atoms with Gasteiger partial charge in [-0.2, -0.15) is 0 Å². The lowest BCUT2D eigenvalue weighted by atomic mass is 9.94. The van der Waals surface area contributed by atoms with Gasteiger partial charge in [0.2, 0.25) is 5.88 Å². The number of cyclic esters (lactones) is 1. The number of halogens is 2. The van der Waals surface area contributed by atoms with E-state index in [2.05, 4.69) is 0 Å². The largest absolute Gasteiger partial charge is 0.515 e. The summed E-state index contributed by atoms with van der Waals surface area (Å²) in [5, 5.41) is 0.471. The normalized spacial score (nSPS) is 15.9. The molecule has 8 heteroatoms. The number of nitrogens with zero attached hydrogens (tertiary/aromatic N) is 1. The van der Waals surface area contributed by atoms with Crippen molar-refractivity contribution in [3.63, 3.8) is 0 Å². The molecule has 0 bridgehead atoms. The number of carbonyl (C=O) groups excluding carboxylic acids is 2. The number of hydrogen-bond donors (Lipinski definition) is 0. The monoisotopic (exact) mass is 461 g/mol. The molecule has 134 valence electrons. The molecule has 0 N–H and O–H groups in total. The average molecular weight is 461 g/mol. The van der Waals surface area contributed by atoms with Gasteiger partial charge in [-0.1, -0.05) is 0 Å². The van der Waals surface area contributed by atoms with E-state index in [4.69, 9.17) is 14.2 Å². The van der Waals surface area contributed by atoms with Crippen LogP contribution in [0.3, 0.4) is 0 Å². The van der Waals surface area contributed by atoms with E-state index in [1.54, 1.807) is 34.6 Å². The van der Waals surface area contributed by atoms with E-state index in [1.165, 1.54) is 12.1 Å². The lowest BCUT2D eigenvalue weighted by Crippen LogP contribution is -2.34. The van der Waals surface area contributed by atoms with Crippen LogP contribution in [0.25, 0.3) is 10.9 Å². The van der Waals surface area contributed by atoms with E-state index in [1.807, 2.05) is 22.6 Å². The smallest absolute Gasteiger partial charge is 0.438 e. The Morgan fingerprint density at radius 1 is 1.32 bits per heavy atom. The van der Waals surface area contributed by atoms with Crippen LogP contribution in [-0.4, -0.2) is 22.4 Å². The van der Waals surface area contributed by atoms with Crippen LogP contribution in [-0.2, 0) is 15.1 Å². The molecule has 0 unspecified atom stereocenters. The maximum atomic E-state index is 14.3. The molecule has 1 aromatic carbocycles. The van der Waals surface area contributed by atoms with Crippen LogP contribution in [0, 0.1) is 9.39 Å². The number of rotatable bonds is 1. The van der Waals surface area contributed by atoms with Crippen molar-refractivity contribution in [3.8, 4) is 5.88 Å². The van der Waals surface area contributed by atoms with Crippen molar-refractivity contribution in [3.05, 3.63) is 27.1 Å². The zero-order chi connectivity index (χ0) is 18.7. The first-order valence-corrected chi connectivity index (χ1v) is 8.67. The van der Waals surface area contributed by atoms with Gasteiger partial charge in [-0.15, -0.1) is 0 Å². The van der Waals surface area contributed by atoms with Gasteiger partial charge in [-0.05, 0) is 63.3 Å². The standard InChI is InChI=1S/C17H17FINO5/c1-16(2,3)25-15(22)23-11-6-8-12(19)10(18)7-9-13(8)20(11)14(21)24-17(9,4)5/h6-7H,1-5H3. The second-order valence-electron chi connectivity index (χ2n) is 7.24. The second-order valence-corrected chi connectivity index (χ2v) is 8.32. The maximum absolute atomic E-state index is 14.3. The van der Waals surface area contributed by atoms with Crippen LogP contribution in [0.5, 0.6) is 5.88 Å². The van der Waals surface area contributed by atoms with E-state index >= 15 is 0 Å². The molecular formula is C17H17FINO5. The summed E-state index contributed by atoms with van der Waals surface area (Å²) >= 11 is 1.85. The molecule has 1 aliphatic heterocycles. The zero-order valence-electron chi connectivity index (χ0n) is 14.4. The molecule has 1 aliphatic rings. The Kier molecular flexibility index (Phi) is 4.01. The molecule has 0 atom stereocenters. The zero-order valence-corrected chi connectivity index (χ0v) is 16.6. The minimum absolute atomic E-state index is 0.0745. The molecule has 0 aliphatic carbocycles. The van der Waals surface area contributed by atoms with Crippen LogP contribution >= 0.6 is 22.6 Å². The Bertz CT molecular complexity index is 910. The van der Waals surface area contributed by atoms with Crippen molar-refractivity contribution in [1.82, 2.24) is 4.57 Å². The number of ether oxygens (including phenoxy) is 3. The molecule has 6 nitrogen and oxygen atoms in total. The molecule has 0 spiro atoms. The molecular weight excluding hydrogens is 444 g/mol. The fraction of sp³-hybridized carbons (Fsp3) is 0.412. The van der Waals surface area contributed by atoms with Crippen molar-refractivity contribution in [2.45, 2.75) is 45.8 Å². The van der Waals surface area contributed by atoms with Gasteiger partial charge < -0.3 is 14.2 Å². The van der Waals surface area contributed by atoms with E-state index in [9.17, 15) is 14.0 Å². The van der Waals surface area contributed by atoms with Crippen LogP contribution in [0.2, 0.25) is 0 Å². The lowest BCUT2D eigenvalue weighted by molar-refractivity contribution is 0.0163. The number of hydrogen-bond acceptors (Lipinski definition) is 5. The van der Waals surface area contributed by atoms with Gasteiger partial charge in [0.15, 0.2) is 0 Å². The van der Waals surface area contributed by atoms with Crippen LogP contribution in [0.4, 0.5) is 14.0 Å². The Balaban J connectivity index is 2.19. The second kappa shape index (κ2) is 5.58. The summed E-state index contributed by atoms with van der Waals surface area (Å²) in [4.78, 5) is 24.4. The van der Waals surface area contributed by atoms with Crippen molar-refractivity contribution < 1.29 is 28.2 Å². The van der Waals surface area contributed by atoms with Gasteiger partial charge in [-0.3, -0.25) is 0 Å². The predicted octanol–water partition coefficient (Wildman–Crippen LogP) is 4.93. The van der Waals surface area contributed by atoms with E-state index in [-0.39, 0.29) is 5.88 Å². The molecule has 2 heterocycles. The summed E-state index contributed by atoms with van der Waals surface area (Å²) in [6.45, 7) is 8.44. The van der Waals surface area contributed by atoms with Crippen molar-refractivity contribution in [1.29, 1.82) is 0 Å². The van der Waals surface area contributed by atoms with Gasteiger partial charge in [0.25, 0.3) is 0 Å². The molecule has 3 rings (SSSR count). The Morgan fingerprint density at radius 2 is 1.96 bits per heavy atom. The fourth-order valence-electron chi connectivity index (χ4n) is 2.70. The average Bonchev–Trinajstić information content (AvgIpc) is 2.78. The van der Waals surface area contributed by atoms with Crippen molar-refractivity contribution in [2.75, 3.05) is 0 Å². The molecule has 2 aromatic rings. The Hall–Kier alpha value is -1.84. The third-order valence-electron chi connectivity index (χ3n) is 3.69.